The minimum atomic E-state index is -0.488. The van der Waals surface area contributed by atoms with E-state index in [0.29, 0.717) is 10.8 Å². The Bertz CT molecular complexity index is 1650. The average molecular weight is 575 g/mol. The standard InChI is InChI=1S/C24H18N10O2S3/c35-34(36)16-10-6-9-15(13-16)26-23(38)32-20-28-19(31-22(37)25-14-7-2-1-3-8-14)29-21(30-20)33-24-27-17-11-4-5-12-18(17)39-24/h1-13H,(H5,25,26,27,28,29,30,31,32,33,37,38). The Labute approximate surface area is 236 Å². The van der Waals surface area contributed by atoms with Gasteiger partial charge in [-0.3, -0.25) is 15.4 Å². The minimum Gasteiger partial charge on any atom is -0.332 e. The van der Waals surface area contributed by atoms with Crippen LogP contribution >= 0.6 is 35.8 Å². The summed E-state index contributed by atoms with van der Waals surface area (Å²) in [6.45, 7) is 0. The molecule has 5 aromatic rings. The predicted octanol–water partition coefficient (Wildman–Crippen LogP) is 5.75. The van der Waals surface area contributed by atoms with Gasteiger partial charge in [0.15, 0.2) is 15.4 Å². The minimum absolute atomic E-state index is 0.0730. The SMILES string of the molecule is O=[N+]([O-])c1cccc(NC(=S)Nc2nc(NC(=S)Nc3ccccc3)nc(Nc3nc4ccccc4s3)n2)c1. The van der Waals surface area contributed by atoms with Crippen molar-refractivity contribution in [3.05, 3.63) is 89.0 Å². The van der Waals surface area contributed by atoms with E-state index in [2.05, 4.69) is 46.5 Å². The van der Waals surface area contributed by atoms with Crippen LogP contribution in [-0.4, -0.2) is 35.1 Å². The highest BCUT2D eigenvalue weighted by atomic mass is 32.1. The fourth-order valence-corrected chi connectivity index (χ4v) is 4.59. The highest BCUT2D eigenvalue weighted by Gasteiger charge is 2.13. The number of hydrogen-bond donors (Lipinski definition) is 5. The summed E-state index contributed by atoms with van der Waals surface area (Å²) in [6.07, 6.45) is 0. The zero-order valence-electron chi connectivity index (χ0n) is 19.8. The van der Waals surface area contributed by atoms with Crippen LogP contribution < -0.4 is 26.6 Å². The number of nitro benzene ring substituents is 1. The number of anilines is 6. The molecule has 12 nitrogen and oxygen atoms in total. The molecule has 0 aliphatic rings. The summed E-state index contributed by atoms with van der Waals surface area (Å²) >= 11 is 12.2. The van der Waals surface area contributed by atoms with Gasteiger partial charge in [-0.25, -0.2) is 4.98 Å². The summed E-state index contributed by atoms with van der Waals surface area (Å²) < 4.78 is 1.00. The Morgan fingerprint density at radius 1 is 0.718 bits per heavy atom. The smallest absolute Gasteiger partial charge is 0.271 e. The van der Waals surface area contributed by atoms with Gasteiger partial charge in [-0.15, -0.1) is 0 Å². The number of thiocarbonyl (C=S) groups is 2. The Morgan fingerprint density at radius 3 is 2.03 bits per heavy atom. The van der Waals surface area contributed by atoms with Crippen molar-refractivity contribution in [1.29, 1.82) is 0 Å². The highest BCUT2D eigenvalue weighted by Crippen LogP contribution is 2.27. The van der Waals surface area contributed by atoms with Gasteiger partial charge in [0.25, 0.3) is 5.69 Å². The molecule has 39 heavy (non-hydrogen) atoms. The molecule has 0 aliphatic heterocycles. The second-order valence-electron chi connectivity index (χ2n) is 7.75. The molecule has 0 atom stereocenters. The Hall–Kier alpha value is -4.86. The van der Waals surface area contributed by atoms with E-state index in [1.54, 1.807) is 12.1 Å². The number of para-hydroxylation sites is 2. The van der Waals surface area contributed by atoms with Gasteiger partial charge in [0.05, 0.1) is 15.1 Å². The molecule has 2 heterocycles. The number of benzene rings is 3. The zero-order chi connectivity index (χ0) is 27.2. The van der Waals surface area contributed by atoms with Crippen LogP contribution in [0.4, 0.5) is 40.0 Å². The van der Waals surface area contributed by atoms with Crippen molar-refractivity contribution < 1.29 is 4.92 Å². The van der Waals surface area contributed by atoms with E-state index in [9.17, 15) is 10.1 Å². The molecule has 15 heteroatoms. The van der Waals surface area contributed by atoms with Crippen LogP contribution in [0, 0.1) is 10.1 Å². The van der Waals surface area contributed by atoms with Crippen LogP contribution in [-0.2, 0) is 0 Å². The van der Waals surface area contributed by atoms with Crippen molar-refractivity contribution in [3.8, 4) is 0 Å². The zero-order valence-corrected chi connectivity index (χ0v) is 22.2. The number of nitrogens with one attached hydrogen (secondary N) is 5. The second kappa shape index (κ2) is 11.7. The third kappa shape index (κ3) is 6.92. The van der Waals surface area contributed by atoms with Crippen LogP contribution in [0.15, 0.2) is 78.9 Å². The van der Waals surface area contributed by atoms with E-state index in [1.165, 1.54) is 23.5 Å². The maximum absolute atomic E-state index is 11.1. The molecule has 0 amide bonds. The lowest BCUT2D eigenvalue weighted by Gasteiger charge is -2.13. The largest absolute Gasteiger partial charge is 0.332 e. The van der Waals surface area contributed by atoms with Crippen molar-refractivity contribution in [1.82, 2.24) is 19.9 Å². The summed E-state index contributed by atoms with van der Waals surface area (Å²) in [6, 6.07) is 23.1. The molecule has 0 fully saturated rings. The molecule has 0 saturated heterocycles. The molecule has 0 radical (unpaired) electrons. The van der Waals surface area contributed by atoms with Crippen LogP contribution in [0.1, 0.15) is 0 Å². The molecule has 5 N–H and O–H groups in total. The topological polar surface area (TPSA) is 155 Å². The van der Waals surface area contributed by atoms with Gasteiger partial charge >= 0.3 is 0 Å². The van der Waals surface area contributed by atoms with Crippen molar-refractivity contribution in [2.75, 3.05) is 26.6 Å². The lowest BCUT2D eigenvalue weighted by molar-refractivity contribution is -0.384. The van der Waals surface area contributed by atoms with E-state index in [1.807, 2.05) is 54.6 Å². The number of hydrogen-bond acceptors (Lipinski definition) is 10. The quantitative estimate of drug-likeness (QED) is 0.0910. The van der Waals surface area contributed by atoms with Crippen LogP contribution in [0.2, 0.25) is 0 Å². The molecule has 194 valence electrons. The predicted molar refractivity (Wildman–Crippen MR) is 162 cm³/mol. The van der Waals surface area contributed by atoms with E-state index < -0.39 is 4.92 Å². The number of non-ortho nitro benzene ring substituents is 1. The molecule has 0 aliphatic carbocycles. The van der Waals surface area contributed by atoms with Crippen molar-refractivity contribution >= 4 is 96.3 Å². The first-order valence-electron chi connectivity index (χ1n) is 11.3. The van der Waals surface area contributed by atoms with Gasteiger partial charge in [0.1, 0.15) is 0 Å². The van der Waals surface area contributed by atoms with Crippen LogP contribution in [0.5, 0.6) is 0 Å². The number of rotatable bonds is 7. The van der Waals surface area contributed by atoms with E-state index in [-0.39, 0.29) is 33.8 Å². The van der Waals surface area contributed by atoms with E-state index in [4.69, 9.17) is 24.4 Å². The fraction of sp³-hybridized carbons (Fsp3) is 0. The second-order valence-corrected chi connectivity index (χ2v) is 9.60. The Morgan fingerprint density at radius 2 is 1.33 bits per heavy atom. The van der Waals surface area contributed by atoms with Gasteiger partial charge in [-0.2, -0.15) is 15.0 Å². The number of nitro groups is 1. The Kier molecular flexibility index (Phi) is 7.72. The first-order chi connectivity index (χ1) is 18.9. The van der Waals surface area contributed by atoms with Crippen LogP contribution in [0.25, 0.3) is 10.2 Å². The maximum Gasteiger partial charge on any atom is 0.271 e. The molecule has 0 saturated carbocycles. The maximum atomic E-state index is 11.1. The molecule has 0 spiro atoms. The van der Waals surface area contributed by atoms with E-state index in [0.717, 1.165) is 15.9 Å². The monoisotopic (exact) mass is 574 g/mol. The summed E-state index contributed by atoms with van der Waals surface area (Å²) in [5, 5.41) is 26.9. The van der Waals surface area contributed by atoms with Crippen molar-refractivity contribution in [3.63, 3.8) is 0 Å². The van der Waals surface area contributed by atoms with Crippen LogP contribution in [0.3, 0.4) is 0 Å². The third-order valence-electron chi connectivity index (χ3n) is 4.95. The summed E-state index contributed by atoms with van der Waals surface area (Å²) in [7, 11) is 0. The molecule has 3 aromatic carbocycles. The first kappa shape index (κ1) is 25.8. The summed E-state index contributed by atoms with van der Waals surface area (Å²) in [4.78, 5) is 28.3. The van der Waals surface area contributed by atoms with E-state index >= 15 is 0 Å². The van der Waals surface area contributed by atoms with Gasteiger partial charge in [-0.05, 0) is 54.8 Å². The summed E-state index contributed by atoms with van der Waals surface area (Å²) in [5.41, 5.74) is 1.98. The fourth-order valence-electron chi connectivity index (χ4n) is 3.31. The molecular weight excluding hydrogens is 557 g/mol. The molecule has 0 bridgehead atoms. The van der Waals surface area contributed by atoms with Gasteiger partial charge < -0.3 is 21.3 Å². The Balaban J connectivity index is 1.37. The first-order valence-corrected chi connectivity index (χ1v) is 12.9. The molecular formula is C24H18N10O2S3. The van der Waals surface area contributed by atoms with Gasteiger partial charge in [0, 0.05) is 23.5 Å². The summed E-state index contributed by atoms with van der Waals surface area (Å²) in [5.74, 6) is 0.430. The van der Waals surface area contributed by atoms with Crippen molar-refractivity contribution in [2.45, 2.75) is 0 Å². The number of fused-ring (bicyclic) bond motifs is 1. The van der Waals surface area contributed by atoms with Gasteiger partial charge in [0.2, 0.25) is 17.8 Å². The lowest BCUT2D eigenvalue weighted by atomic mass is 10.3. The number of aromatic nitrogens is 4. The highest BCUT2D eigenvalue weighted by molar-refractivity contribution is 7.81. The molecule has 5 rings (SSSR count). The lowest BCUT2D eigenvalue weighted by Crippen LogP contribution is -2.24. The third-order valence-corrected chi connectivity index (χ3v) is 6.31. The normalized spacial score (nSPS) is 10.5. The van der Waals surface area contributed by atoms with Crippen molar-refractivity contribution in [2.24, 2.45) is 0 Å². The number of thiazole rings is 1. The molecule has 2 aromatic heterocycles. The number of nitrogens with zero attached hydrogens (tertiary/aromatic N) is 5. The average Bonchev–Trinajstić information content (AvgIpc) is 3.31. The molecule has 0 unspecified atom stereocenters. The van der Waals surface area contributed by atoms with Gasteiger partial charge in [-0.1, -0.05) is 47.7 Å².